The molecule has 7 heteroatoms. The van der Waals surface area contributed by atoms with E-state index in [1.807, 2.05) is 6.92 Å². The van der Waals surface area contributed by atoms with Gasteiger partial charge < -0.3 is 5.73 Å². The number of rotatable bonds is 4. The minimum Gasteiger partial charge on any atom is -0.324 e. The van der Waals surface area contributed by atoms with Crippen molar-refractivity contribution in [2.75, 3.05) is 4.72 Å². The lowest BCUT2D eigenvalue weighted by molar-refractivity contribution is 0.601. The third kappa shape index (κ3) is 2.69. The van der Waals surface area contributed by atoms with E-state index in [1.165, 1.54) is 12.4 Å². The van der Waals surface area contributed by atoms with Crippen LogP contribution in [0.25, 0.3) is 0 Å². The molecule has 2 aromatic rings. The van der Waals surface area contributed by atoms with E-state index < -0.39 is 10.0 Å². The minimum atomic E-state index is -3.58. The van der Waals surface area contributed by atoms with Crippen LogP contribution in [0.15, 0.2) is 41.6 Å². The second-order valence-electron chi connectivity index (χ2n) is 3.95. The van der Waals surface area contributed by atoms with E-state index in [-0.39, 0.29) is 10.9 Å². The Morgan fingerprint density at radius 2 is 2.00 bits per heavy atom. The largest absolute Gasteiger partial charge is 0.324 e. The van der Waals surface area contributed by atoms with Crippen LogP contribution in [0.4, 0.5) is 5.69 Å². The van der Waals surface area contributed by atoms with Crippen LogP contribution in [0.5, 0.6) is 0 Å². The summed E-state index contributed by atoms with van der Waals surface area (Å²) in [6, 6.07) is 6.85. The van der Waals surface area contributed by atoms with E-state index in [4.69, 9.17) is 5.73 Å². The van der Waals surface area contributed by atoms with Gasteiger partial charge in [-0.1, -0.05) is 12.1 Å². The standard InChI is InChI=1S/C11H14N4O2S/c1-8(12)9-2-4-10(5-3-9)15-18(16,17)11-6-13-14-7-11/h2-8,15H,12H2,1H3,(H,13,14). The number of aromatic amines is 1. The maximum atomic E-state index is 11.9. The van der Waals surface area contributed by atoms with Gasteiger partial charge in [-0.25, -0.2) is 8.42 Å². The van der Waals surface area contributed by atoms with E-state index in [1.54, 1.807) is 24.3 Å². The summed E-state index contributed by atoms with van der Waals surface area (Å²) in [5.41, 5.74) is 7.15. The van der Waals surface area contributed by atoms with Crippen LogP contribution < -0.4 is 10.5 Å². The molecule has 1 heterocycles. The number of nitrogens with zero attached hydrogens (tertiary/aromatic N) is 1. The van der Waals surface area contributed by atoms with Gasteiger partial charge >= 0.3 is 0 Å². The lowest BCUT2D eigenvalue weighted by Gasteiger charge is -2.08. The van der Waals surface area contributed by atoms with E-state index >= 15 is 0 Å². The molecule has 0 saturated heterocycles. The first-order chi connectivity index (χ1) is 8.49. The summed E-state index contributed by atoms with van der Waals surface area (Å²) in [4.78, 5) is 0.0961. The van der Waals surface area contributed by atoms with Crippen LogP contribution in [0.1, 0.15) is 18.5 Å². The predicted octanol–water partition coefficient (Wildman–Crippen LogP) is 1.23. The second-order valence-corrected chi connectivity index (χ2v) is 5.63. The van der Waals surface area contributed by atoms with Gasteiger partial charge in [0, 0.05) is 17.9 Å². The molecule has 0 fully saturated rings. The summed E-state index contributed by atoms with van der Waals surface area (Å²) in [6.45, 7) is 1.87. The minimum absolute atomic E-state index is 0.0791. The third-order valence-electron chi connectivity index (χ3n) is 2.47. The van der Waals surface area contributed by atoms with Crippen LogP contribution in [-0.2, 0) is 10.0 Å². The Hall–Kier alpha value is -1.86. The SMILES string of the molecule is CC(N)c1ccc(NS(=O)(=O)c2cn[nH]c2)cc1. The second kappa shape index (κ2) is 4.79. The molecule has 0 radical (unpaired) electrons. The number of H-pyrrole nitrogens is 1. The zero-order valence-electron chi connectivity index (χ0n) is 9.79. The number of nitrogens with one attached hydrogen (secondary N) is 2. The Labute approximate surface area is 105 Å². The van der Waals surface area contributed by atoms with Crippen LogP contribution in [0.2, 0.25) is 0 Å². The number of nitrogens with two attached hydrogens (primary N) is 1. The fourth-order valence-electron chi connectivity index (χ4n) is 1.45. The van der Waals surface area contributed by atoms with Crippen LogP contribution in [0, 0.1) is 0 Å². The normalized spacial score (nSPS) is 13.2. The molecule has 96 valence electrons. The van der Waals surface area contributed by atoms with Crippen molar-refractivity contribution in [3.8, 4) is 0 Å². The first kappa shape index (κ1) is 12.6. The van der Waals surface area contributed by atoms with Crippen molar-refractivity contribution in [3.05, 3.63) is 42.2 Å². The van der Waals surface area contributed by atoms with Crippen LogP contribution in [0.3, 0.4) is 0 Å². The fraction of sp³-hybridized carbons (Fsp3) is 0.182. The Bertz CT molecular complexity index is 603. The maximum absolute atomic E-state index is 11.9. The Kier molecular flexibility index (Phi) is 3.35. The summed E-state index contributed by atoms with van der Waals surface area (Å²) >= 11 is 0. The molecule has 0 spiro atoms. The van der Waals surface area contributed by atoms with E-state index in [9.17, 15) is 8.42 Å². The molecule has 1 unspecified atom stereocenters. The molecule has 0 saturated carbocycles. The molecule has 0 aliphatic rings. The molecular weight excluding hydrogens is 252 g/mol. The van der Waals surface area contributed by atoms with Crippen molar-refractivity contribution in [2.24, 2.45) is 5.73 Å². The van der Waals surface area contributed by atoms with Crippen molar-refractivity contribution >= 4 is 15.7 Å². The molecule has 2 rings (SSSR count). The average Bonchev–Trinajstić information content (AvgIpc) is 2.83. The molecule has 1 aromatic heterocycles. The lowest BCUT2D eigenvalue weighted by Crippen LogP contribution is -2.12. The zero-order chi connectivity index (χ0) is 13.2. The van der Waals surface area contributed by atoms with Crippen LogP contribution >= 0.6 is 0 Å². The molecule has 18 heavy (non-hydrogen) atoms. The maximum Gasteiger partial charge on any atom is 0.265 e. The summed E-state index contributed by atoms with van der Waals surface area (Å²) < 4.78 is 26.2. The van der Waals surface area contributed by atoms with Crippen LogP contribution in [-0.4, -0.2) is 18.6 Å². The first-order valence-corrected chi connectivity index (χ1v) is 6.84. The van der Waals surface area contributed by atoms with E-state index in [0.29, 0.717) is 5.69 Å². The molecule has 4 N–H and O–H groups in total. The molecular formula is C11H14N4O2S. The summed E-state index contributed by atoms with van der Waals surface area (Å²) in [7, 11) is -3.58. The smallest absolute Gasteiger partial charge is 0.265 e. The summed E-state index contributed by atoms with van der Waals surface area (Å²) in [5, 5.41) is 6.07. The van der Waals surface area contributed by atoms with Gasteiger partial charge in [0.1, 0.15) is 4.90 Å². The van der Waals surface area contributed by atoms with Crippen molar-refractivity contribution in [2.45, 2.75) is 17.9 Å². The van der Waals surface area contributed by atoms with E-state index in [0.717, 1.165) is 5.56 Å². The quantitative estimate of drug-likeness (QED) is 0.774. The number of benzene rings is 1. The van der Waals surface area contributed by atoms with Crippen molar-refractivity contribution in [1.82, 2.24) is 10.2 Å². The van der Waals surface area contributed by atoms with Crippen molar-refractivity contribution in [3.63, 3.8) is 0 Å². The number of aromatic nitrogens is 2. The molecule has 1 atom stereocenters. The highest BCUT2D eigenvalue weighted by molar-refractivity contribution is 7.92. The van der Waals surface area contributed by atoms with Gasteiger partial charge in [0.05, 0.1) is 6.20 Å². The van der Waals surface area contributed by atoms with Gasteiger partial charge in [0.25, 0.3) is 10.0 Å². The predicted molar refractivity (Wildman–Crippen MR) is 68.4 cm³/mol. The van der Waals surface area contributed by atoms with Gasteiger partial charge in [-0.3, -0.25) is 9.82 Å². The Morgan fingerprint density at radius 1 is 1.33 bits per heavy atom. The first-order valence-electron chi connectivity index (χ1n) is 5.36. The number of hydrogen-bond donors (Lipinski definition) is 3. The van der Waals surface area contributed by atoms with E-state index in [2.05, 4.69) is 14.9 Å². The lowest BCUT2D eigenvalue weighted by atomic mass is 10.1. The molecule has 0 amide bonds. The molecule has 1 aromatic carbocycles. The molecule has 0 aliphatic heterocycles. The third-order valence-corrected chi connectivity index (χ3v) is 3.82. The van der Waals surface area contributed by atoms with Gasteiger partial charge in [-0.15, -0.1) is 0 Å². The van der Waals surface area contributed by atoms with Gasteiger partial charge in [-0.05, 0) is 24.6 Å². The number of anilines is 1. The van der Waals surface area contributed by atoms with Gasteiger partial charge in [0.15, 0.2) is 0 Å². The topological polar surface area (TPSA) is 101 Å². The zero-order valence-corrected chi connectivity index (χ0v) is 10.6. The van der Waals surface area contributed by atoms with Crippen molar-refractivity contribution in [1.29, 1.82) is 0 Å². The summed E-state index contributed by atoms with van der Waals surface area (Å²) in [6.07, 6.45) is 2.57. The number of sulfonamides is 1. The Balaban J connectivity index is 2.20. The fourth-order valence-corrected chi connectivity index (χ4v) is 2.42. The molecule has 0 aliphatic carbocycles. The van der Waals surface area contributed by atoms with Crippen molar-refractivity contribution < 1.29 is 8.42 Å². The summed E-state index contributed by atoms with van der Waals surface area (Å²) in [5.74, 6) is 0. The van der Waals surface area contributed by atoms with Gasteiger partial charge in [0.2, 0.25) is 0 Å². The number of hydrogen-bond acceptors (Lipinski definition) is 4. The molecule has 0 bridgehead atoms. The highest BCUT2D eigenvalue weighted by atomic mass is 32.2. The highest BCUT2D eigenvalue weighted by Crippen LogP contribution is 2.17. The van der Waals surface area contributed by atoms with Gasteiger partial charge in [-0.2, -0.15) is 5.10 Å². The highest BCUT2D eigenvalue weighted by Gasteiger charge is 2.15. The molecule has 6 nitrogen and oxygen atoms in total. The average molecular weight is 266 g/mol. The Morgan fingerprint density at radius 3 is 2.50 bits per heavy atom. The monoisotopic (exact) mass is 266 g/mol.